The van der Waals surface area contributed by atoms with Crippen molar-refractivity contribution in [3.8, 4) is 27.4 Å². The average molecular weight is 414 g/mol. The van der Waals surface area contributed by atoms with Crippen molar-refractivity contribution >= 4 is 23.2 Å². The minimum Gasteiger partial charge on any atom is -0.497 e. The van der Waals surface area contributed by atoms with Crippen LogP contribution in [0.2, 0.25) is 0 Å². The van der Waals surface area contributed by atoms with Gasteiger partial charge in [0.25, 0.3) is 0 Å². The summed E-state index contributed by atoms with van der Waals surface area (Å²) in [5.41, 5.74) is 1.87. The molecule has 0 spiro atoms. The first kappa shape index (κ1) is 20.4. The Kier molecular flexibility index (Phi) is 6.85. The molecule has 0 saturated heterocycles. The van der Waals surface area contributed by atoms with Crippen LogP contribution in [0, 0.1) is 0 Å². The van der Waals surface area contributed by atoms with E-state index in [1.165, 1.54) is 31.1 Å². The normalized spacial score (nSPS) is 10.3. The van der Waals surface area contributed by atoms with Crippen LogP contribution in [0.25, 0.3) is 10.6 Å². The number of ether oxygens (including phenoxy) is 3. The van der Waals surface area contributed by atoms with Crippen molar-refractivity contribution < 1.29 is 19.0 Å². The smallest absolute Gasteiger partial charge is 0.413 e. The summed E-state index contributed by atoms with van der Waals surface area (Å²) < 4.78 is 15.6. The third-order valence-electron chi connectivity index (χ3n) is 4.00. The van der Waals surface area contributed by atoms with Gasteiger partial charge in [0.15, 0.2) is 5.06 Å². The Labute approximate surface area is 172 Å². The van der Waals surface area contributed by atoms with Crippen molar-refractivity contribution in [1.29, 1.82) is 0 Å². The first-order valence-electron chi connectivity index (χ1n) is 8.91. The van der Waals surface area contributed by atoms with Gasteiger partial charge >= 0.3 is 12.1 Å². The van der Waals surface area contributed by atoms with E-state index in [2.05, 4.69) is 20.6 Å². The molecule has 0 unspecified atom stereocenters. The van der Waals surface area contributed by atoms with Crippen LogP contribution in [0.15, 0.2) is 42.5 Å². The number of rotatable bonds is 8. The monoisotopic (exact) mass is 414 g/mol. The molecule has 2 N–H and O–H groups in total. The van der Waals surface area contributed by atoms with Crippen LogP contribution < -0.4 is 24.8 Å². The SMILES string of the molecule is CNC(=O)Oc1ccc(-c2cc(NCCc3ccc(OC)cc3)nc(OC)n2)s1. The lowest BCUT2D eigenvalue weighted by molar-refractivity contribution is 0.204. The summed E-state index contributed by atoms with van der Waals surface area (Å²) in [5.74, 6) is 1.49. The minimum absolute atomic E-state index is 0.261. The van der Waals surface area contributed by atoms with Gasteiger partial charge in [-0.05, 0) is 36.2 Å². The average Bonchev–Trinajstić information content (AvgIpc) is 3.22. The Hall–Kier alpha value is -3.33. The largest absolute Gasteiger partial charge is 0.497 e. The van der Waals surface area contributed by atoms with Gasteiger partial charge in [-0.25, -0.2) is 4.79 Å². The van der Waals surface area contributed by atoms with Crippen molar-refractivity contribution in [2.75, 3.05) is 33.1 Å². The Morgan fingerprint density at radius 3 is 2.55 bits per heavy atom. The van der Waals surface area contributed by atoms with Crippen molar-refractivity contribution in [3.05, 3.63) is 48.0 Å². The van der Waals surface area contributed by atoms with E-state index < -0.39 is 6.09 Å². The summed E-state index contributed by atoms with van der Waals surface area (Å²) in [5, 5.41) is 6.20. The molecule has 1 aromatic carbocycles. The van der Waals surface area contributed by atoms with Gasteiger partial charge in [-0.3, -0.25) is 0 Å². The fourth-order valence-corrected chi connectivity index (χ4v) is 3.33. The molecule has 0 aliphatic rings. The maximum absolute atomic E-state index is 11.4. The van der Waals surface area contributed by atoms with Crippen LogP contribution in [0.4, 0.5) is 10.6 Å². The number of anilines is 1. The van der Waals surface area contributed by atoms with E-state index in [4.69, 9.17) is 14.2 Å². The lowest BCUT2D eigenvalue weighted by atomic mass is 10.1. The number of hydrogen-bond donors (Lipinski definition) is 2. The molecule has 3 aromatic rings. The maximum atomic E-state index is 11.4. The van der Waals surface area contributed by atoms with Crippen molar-refractivity contribution in [2.45, 2.75) is 6.42 Å². The molecule has 0 fully saturated rings. The summed E-state index contributed by atoms with van der Waals surface area (Å²) in [6, 6.07) is 13.6. The number of nitrogens with zero attached hydrogens (tertiary/aromatic N) is 2. The van der Waals surface area contributed by atoms with E-state index >= 15 is 0 Å². The highest BCUT2D eigenvalue weighted by Gasteiger charge is 2.12. The zero-order valence-electron chi connectivity index (χ0n) is 16.4. The molecule has 2 aromatic heterocycles. The minimum atomic E-state index is -0.514. The molecule has 0 aliphatic heterocycles. The molecular formula is C20H22N4O4S. The molecule has 3 rings (SSSR count). The topological polar surface area (TPSA) is 94.6 Å². The fraction of sp³-hybridized carbons (Fsp3) is 0.250. The first-order chi connectivity index (χ1) is 14.1. The van der Waals surface area contributed by atoms with Gasteiger partial charge in [0.05, 0.1) is 24.8 Å². The summed E-state index contributed by atoms with van der Waals surface area (Å²) >= 11 is 1.31. The predicted octanol–water partition coefficient (Wildman–Crippen LogP) is 3.60. The molecule has 0 saturated carbocycles. The lowest BCUT2D eigenvalue weighted by Gasteiger charge is -2.09. The highest BCUT2D eigenvalue weighted by atomic mass is 32.1. The number of thiophene rings is 1. The highest BCUT2D eigenvalue weighted by Crippen LogP contribution is 2.33. The van der Waals surface area contributed by atoms with Gasteiger partial charge in [-0.1, -0.05) is 23.5 Å². The second-order valence-corrected chi connectivity index (χ2v) is 6.95. The number of hydrogen-bond acceptors (Lipinski definition) is 8. The number of aromatic nitrogens is 2. The molecule has 9 heteroatoms. The Morgan fingerprint density at radius 2 is 1.86 bits per heavy atom. The maximum Gasteiger partial charge on any atom is 0.413 e. The summed E-state index contributed by atoms with van der Waals surface area (Å²) in [6.07, 6.45) is 0.314. The van der Waals surface area contributed by atoms with Gasteiger partial charge in [-0.2, -0.15) is 9.97 Å². The molecule has 8 nitrogen and oxygen atoms in total. The molecule has 0 bridgehead atoms. The molecule has 0 aliphatic carbocycles. The van der Waals surface area contributed by atoms with Crippen LogP contribution in [0.3, 0.4) is 0 Å². The molecule has 0 atom stereocenters. The van der Waals surface area contributed by atoms with Gasteiger partial charge < -0.3 is 24.8 Å². The van der Waals surface area contributed by atoms with Crippen molar-refractivity contribution in [1.82, 2.24) is 15.3 Å². The standard InChI is InChI=1S/C20H22N4O4S/c1-21-20(25)28-18-9-8-16(29-18)15-12-17(24-19(23-15)27-3)22-11-10-13-4-6-14(26-2)7-5-13/h4-9,12H,10-11H2,1-3H3,(H,21,25)(H,22,23,24). The van der Waals surface area contributed by atoms with E-state index in [1.807, 2.05) is 36.4 Å². The van der Waals surface area contributed by atoms with E-state index in [0.29, 0.717) is 23.1 Å². The van der Waals surface area contributed by atoms with Gasteiger partial charge in [0, 0.05) is 19.7 Å². The Balaban J connectivity index is 1.69. The fourth-order valence-electron chi connectivity index (χ4n) is 2.52. The zero-order valence-corrected chi connectivity index (χ0v) is 17.2. The van der Waals surface area contributed by atoms with Crippen LogP contribution in [0.5, 0.6) is 16.8 Å². The second kappa shape index (κ2) is 9.74. The Bertz CT molecular complexity index is 959. The third kappa shape index (κ3) is 5.58. The van der Waals surface area contributed by atoms with E-state index in [9.17, 15) is 4.79 Å². The van der Waals surface area contributed by atoms with Crippen LogP contribution >= 0.6 is 11.3 Å². The second-order valence-electron chi connectivity index (χ2n) is 5.91. The van der Waals surface area contributed by atoms with E-state index in [-0.39, 0.29) is 6.01 Å². The van der Waals surface area contributed by atoms with Gasteiger partial charge in [0.1, 0.15) is 11.6 Å². The summed E-state index contributed by atoms with van der Waals surface area (Å²) in [6.45, 7) is 0.696. The van der Waals surface area contributed by atoms with Crippen molar-refractivity contribution in [3.63, 3.8) is 0 Å². The van der Waals surface area contributed by atoms with Gasteiger partial charge in [-0.15, -0.1) is 0 Å². The zero-order chi connectivity index (χ0) is 20.6. The molecular weight excluding hydrogens is 392 g/mol. The third-order valence-corrected chi connectivity index (χ3v) is 4.98. The van der Waals surface area contributed by atoms with Crippen LogP contribution in [-0.2, 0) is 6.42 Å². The molecule has 29 heavy (non-hydrogen) atoms. The Morgan fingerprint density at radius 1 is 1.07 bits per heavy atom. The first-order valence-corrected chi connectivity index (χ1v) is 9.72. The number of methoxy groups -OCH3 is 2. The van der Waals surface area contributed by atoms with Crippen LogP contribution in [-0.4, -0.2) is 43.9 Å². The molecule has 2 heterocycles. The predicted molar refractivity (Wildman–Crippen MR) is 112 cm³/mol. The molecule has 0 radical (unpaired) electrons. The van der Waals surface area contributed by atoms with Crippen LogP contribution in [0.1, 0.15) is 5.56 Å². The van der Waals surface area contributed by atoms with Crippen molar-refractivity contribution in [2.24, 2.45) is 0 Å². The number of carbonyl (C=O) groups is 1. The van der Waals surface area contributed by atoms with Gasteiger partial charge in [0.2, 0.25) is 0 Å². The van der Waals surface area contributed by atoms with E-state index in [1.54, 1.807) is 13.2 Å². The number of amides is 1. The highest BCUT2D eigenvalue weighted by molar-refractivity contribution is 7.17. The quantitative estimate of drug-likeness (QED) is 0.582. The summed E-state index contributed by atoms with van der Waals surface area (Å²) in [7, 11) is 4.68. The number of nitrogens with one attached hydrogen (secondary N) is 2. The lowest BCUT2D eigenvalue weighted by Crippen LogP contribution is -2.21. The number of carbonyl (C=O) groups excluding carboxylic acids is 1. The number of benzene rings is 1. The molecule has 1 amide bonds. The molecule has 152 valence electrons. The summed E-state index contributed by atoms with van der Waals surface area (Å²) in [4.78, 5) is 20.9. The van der Waals surface area contributed by atoms with E-state index in [0.717, 1.165) is 17.0 Å².